The highest BCUT2D eigenvalue weighted by Crippen LogP contribution is 2.52. The number of thiophene rings is 1. The molecule has 14 heteroatoms. The maximum Gasteiger partial charge on any atom is 0.323 e. The van der Waals surface area contributed by atoms with Crippen LogP contribution in [0.15, 0.2) is 18.3 Å². The van der Waals surface area contributed by atoms with E-state index in [4.69, 9.17) is 37.7 Å². The Morgan fingerprint density at radius 2 is 2.16 bits per heavy atom. The summed E-state index contributed by atoms with van der Waals surface area (Å²) in [7, 11) is 0. The van der Waals surface area contributed by atoms with Crippen LogP contribution < -0.4 is 26.0 Å². The second-order valence-corrected chi connectivity index (χ2v) is 13.8. The summed E-state index contributed by atoms with van der Waals surface area (Å²) in [6, 6.07) is 5.95. The minimum atomic E-state index is -0.869. The highest BCUT2D eigenvalue weighted by atomic mass is 32.1. The highest BCUT2D eigenvalue weighted by molar-refractivity contribution is 7.16. The first kappa shape index (κ1) is 29.4. The Labute approximate surface area is 265 Å². The summed E-state index contributed by atoms with van der Waals surface area (Å²) in [4.78, 5) is 29.8. The Hall–Kier alpha value is -4.27. The number of nitrogens with zero attached hydrogens (tertiary/aromatic N) is 9. The van der Waals surface area contributed by atoms with Crippen molar-refractivity contribution in [3.8, 4) is 12.1 Å². The van der Waals surface area contributed by atoms with E-state index in [-0.39, 0.29) is 36.2 Å². The van der Waals surface area contributed by atoms with Crippen molar-refractivity contribution in [3.05, 3.63) is 51.3 Å². The van der Waals surface area contributed by atoms with E-state index in [2.05, 4.69) is 25.7 Å². The number of hydrogen-bond acceptors (Lipinski definition) is 12. The molecule has 0 saturated carbocycles. The van der Waals surface area contributed by atoms with Crippen LogP contribution in [0.1, 0.15) is 60.2 Å². The number of nitrogen functional groups attached to an aromatic ring is 2. The molecule has 1 unspecified atom stereocenters. The topological polar surface area (TPSA) is 151 Å². The van der Waals surface area contributed by atoms with Gasteiger partial charge in [-0.25, -0.2) is 15.9 Å². The van der Waals surface area contributed by atoms with Crippen molar-refractivity contribution in [2.24, 2.45) is 0 Å². The molecule has 4 N–H and O–H groups in total. The predicted octanol–water partition coefficient (Wildman–Crippen LogP) is 3.51. The molecule has 0 radical (unpaired) electrons. The van der Waals surface area contributed by atoms with Gasteiger partial charge in [-0.05, 0) is 50.8 Å². The predicted molar refractivity (Wildman–Crippen MR) is 170 cm³/mol. The zero-order chi connectivity index (χ0) is 31.3. The Morgan fingerprint density at radius 3 is 2.93 bits per heavy atom. The van der Waals surface area contributed by atoms with Crippen LogP contribution in [0.4, 0.5) is 27.1 Å². The molecule has 1 spiro atoms. The normalized spacial score (nSPS) is 23.6. The fourth-order valence-corrected chi connectivity index (χ4v) is 9.00. The van der Waals surface area contributed by atoms with Crippen LogP contribution >= 0.6 is 11.3 Å². The van der Waals surface area contributed by atoms with Crippen LogP contribution in [0.25, 0.3) is 4.85 Å². The maximum absolute atomic E-state index is 14.5. The molecular formula is C31H36FN11OS. The number of alkyl halides is 1. The summed E-state index contributed by atoms with van der Waals surface area (Å²) in [5.74, 6) is 1.23. The fraction of sp³-hybridized carbons (Fsp3) is 0.548. The second-order valence-electron chi connectivity index (χ2n) is 12.7. The SMILES string of the molecule is [C-]#[N+]CCN(c1nc(OC[C@@]23CCCN2C[C@H](F)C3)nc(N2CC3(CCc4sc(N)c(C#N)c43)C2)n1)C(C)c1cccnc1N. The lowest BCUT2D eigenvalue weighted by Crippen LogP contribution is -2.59. The Bertz CT molecular complexity index is 1700. The first-order valence-electron chi connectivity index (χ1n) is 15.4. The monoisotopic (exact) mass is 629 g/mol. The third-order valence-corrected chi connectivity index (χ3v) is 11.2. The second kappa shape index (κ2) is 11.3. The van der Waals surface area contributed by atoms with Gasteiger partial charge in [0.15, 0.2) is 0 Å². The molecule has 0 aromatic carbocycles. The van der Waals surface area contributed by atoms with Crippen LogP contribution in [-0.2, 0) is 11.8 Å². The maximum atomic E-state index is 14.5. The zero-order valence-corrected chi connectivity index (χ0v) is 26.1. The van der Waals surface area contributed by atoms with Gasteiger partial charge in [0.2, 0.25) is 18.4 Å². The van der Waals surface area contributed by atoms with Gasteiger partial charge in [-0.15, -0.1) is 11.3 Å². The molecule has 0 amide bonds. The van der Waals surface area contributed by atoms with E-state index in [0.29, 0.717) is 60.9 Å². The Balaban J connectivity index is 1.22. The number of ether oxygens (including phenoxy) is 1. The zero-order valence-electron chi connectivity index (χ0n) is 25.2. The first-order valence-corrected chi connectivity index (χ1v) is 16.2. The number of anilines is 4. The highest BCUT2D eigenvalue weighted by Gasteiger charge is 2.52. The van der Waals surface area contributed by atoms with E-state index in [0.717, 1.165) is 43.4 Å². The van der Waals surface area contributed by atoms with Crippen molar-refractivity contribution in [1.82, 2.24) is 24.8 Å². The number of pyridine rings is 1. The minimum Gasteiger partial charge on any atom is -0.461 e. The van der Waals surface area contributed by atoms with Crippen molar-refractivity contribution in [2.45, 2.75) is 62.2 Å². The lowest BCUT2D eigenvalue weighted by molar-refractivity contribution is 0.107. The molecule has 3 aromatic rings. The van der Waals surface area contributed by atoms with Crippen molar-refractivity contribution in [3.63, 3.8) is 0 Å². The van der Waals surface area contributed by atoms with Crippen LogP contribution in [0.3, 0.4) is 0 Å². The summed E-state index contributed by atoms with van der Waals surface area (Å²) in [5.41, 5.74) is 14.4. The van der Waals surface area contributed by atoms with Crippen LogP contribution in [0.2, 0.25) is 0 Å². The van der Waals surface area contributed by atoms with Gasteiger partial charge in [0, 0.05) is 48.1 Å². The molecule has 234 valence electrons. The van der Waals surface area contributed by atoms with Gasteiger partial charge in [0.05, 0.1) is 23.7 Å². The number of nitriles is 1. The van der Waals surface area contributed by atoms with E-state index in [1.54, 1.807) is 6.20 Å². The van der Waals surface area contributed by atoms with Gasteiger partial charge >= 0.3 is 6.01 Å². The number of rotatable bonds is 9. The summed E-state index contributed by atoms with van der Waals surface area (Å²) in [6.45, 7) is 12.9. The van der Waals surface area contributed by atoms with Gasteiger partial charge in [-0.1, -0.05) is 6.07 Å². The van der Waals surface area contributed by atoms with E-state index in [1.165, 1.54) is 16.2 Å². The average Bonchev–Trinajstić information content (AvgIpc) is 3.73. The molecule has 3 aromatic heterocycles. The molecule has 3 saturated heterocycles. The van der Waals surface area contributed by atoms with Crippen molar-refractivity contribution >= 4 is 34.1 Å². The van der Waals surface area contributed by atoms with E-state index >= 15 is 0 Å². The van der Waals surface area contributed by atoms with Crippen LogP contribution in [0, 0.1) is 17.9 Å². The van der Waals surface area contributed by atoms with Crippen molar-refractivity contribution < 1.29 is 9.13 Å². The third kappa shape index (κ3) is 4.96. The number of aryl methyl sites for hydroxylation is 1. The smallest absolute Gasteiger partial charge is 0.323 e. The molecule has 6 heterocycles. The van der Waals surface area contributed by atoms with E-state index in [1.807, 2.05) is 24.0 Å². The lowest BCUT2D eigenvalue weighted by Gasteiger charge is -2.48. The molecule has 45 heavy (non-hydrogen) atoms. The first-order chi connectivity index (χ1) is 21.8. The Morgan fingerprint density at radius 1 is 1.31 bits per heavy atom. The lowest BCUT2D eigenvalue weighted by atomic mass is 9.74. The molecule has 4 aliphatic rings. The average molecular weight is 630 g/mol. The van der Waals surface area contributed by atoms with Gasteiger partial charge in [-0.3, -0.25) is 4.90 Å². The van der Waals surface area contributed by atoms with Crippen LogP contribution in [-0.4, -0.2) is 82.4 Å². The summed E-state index contributed by atoms with van der Waals surface area (Å²) >= 11 is 1.52. The molecule has 0 bridgehead atoms. The largest absolute Gasteiger partial charge is 0.461 e. The standard InChI is InChI=1S/C31H36FN11OS/c1-19(21-5-3-9-37-25(21)34)43(12-10-36-2)28-38-27(39-29(40-28)44-18-31-7-4-11-42(31)15-20(32)13-31)41-16-30(17-41)8-6-23-24(30)22(14-33)26(35)45-23/h3,5,9,19-20H,4,6-8,10-13,15-18,35H2,1H3,(H2,34,37)/t19?,20-,31+/m1/s1. The Kier molecular flexibility index (Phi) is 7.37. The van der Waals surface area contributed by atoms with Crippen LogP contribution in [0.5, 0.6) is 6.01 Å². The van der Waals surface area contributed by atoms with E-state index < -0.39 is 6.17 Å². The minimum absolute atomic E-state index is 0.170. The summed E-state index contributed by atoms with van der Waals surface area (Å²) < 4.78 is 20.8. The molecule has 1 aliphatic carbocycles. The van der Waals surface area contributed by atoms with E-state index in [9.17, 15) is 9.65 Å². The molecule has 7 rings (SSSR count). The fourth-order valence-electron chi connectivity index (χ4n) is 7.86. The summed E-state index contributed by atoms with van der Waals surface area (Å²) in [5, 5.41) is 10.4. The molecule has 12 nitrogen and oxygen atoms in total. The van der Waals surface area contributed by atoms with Gasteiger partial charge in [-0.2, -0.15) is 20.2 Å². The molecular weight excluding hydrogens is 593 g/mol. The van der Waals surface area contributed by atoms with Crippen molar-refractivity contribution in [1.29, 1.82) is 5.26 Å². The summed E-state index contributed by atoms with van der Waals surface area (Å²) in [6.07, 6.45) is 4.94. The van der Waals surface area contributed by atoms with Gasteiger partial charge < -0.3 is 30.8 Å². The van der Waals surface area contributed by atoms with Gasteiger partial charge in [0.1, 0.15) is 29.7 Å². The quantitative estimate of drug-likeness (QED) is 0.335. The number of fused-ring (bicyclic) bond motifs is 3. The number of nitrogens with two attached hydrogens (primary N) is 2. The molecule has 3 aliphatic heterocycles. The number of halogens is 1. The van der Waals surface area contributed by atoms with Crippen molar-refractivity contribution in [2.75, 3.05) is 67.1 Å². The molecule has 3 atom stereocenters. The third-order valence-electron chi connectivity index (χ3n) is 10.1. The van der Waals surface area contributed by atoms with Gasteiger partial charge in [0.25, 0.3) is 0 Å². The number of hydrogen-bond donors (Lipinski definition) is 2. The number of aromatic nitrogens is 4. The molecule has 3 fully saturated rings.